The van der Waals surface area contributed by atoms with Gasteiger partial charge in [-0.1, -0.05) is 28.9 Å². The monoisotopic (exact) mass is 296 g/mol. The first-order valence-corrected chi connectivity index (χ1v) is 7.43. The highest BCUT2D eigenvalue weighted by Gasteiger charge is 2.71. The molecule has 3 aliphatic carbocycles. The Balaban J connectivity index is 1.88. The molecule has 2 heterocycles. The van der Waals surface area contributed by atoms with Crippen molar-refractivity contribution in [3.05, 3.63) is 12.2 Å². The SMILES string of the molecule is CC1C(=O)C=CC23CC4[C@H](Br)C(OC4(C)C2)C13. The van der Waals surface area contributed by atoms with Crippen LogP contribution in [0.3, 0.4) is 0 Å². The summed E-state index contributed by atoms with van der Waals surface area (Å²) < 4.78 is 6.30. The highest BCUT2D eigenvalue weighted by molar-refractivity contribution is 9.09. The molecule has 0 aromatic heterocycles. The molecule has 5 aliphatic rings. The molecule has 4 fully saturated rings. The van der Waals surface area contributed by atoms with Gasteiger partial charge in [-0.25, -0.2) is 0 Å². The van der Waals surface area contributed by atoms with Crippen LogP contribution in [-0.4, -0.2) is 22.3 Å². The molecule has 7 atom stereocenters. The number of carbonyl (C=O) groups is 1. The van der Waals surface area contributed by atoms with Crippen LogP contribution in [-0.2, 0) is 9.53 Å². The topological polar surface area (TPSA) is 26.3 Å². The van der Waals surface area contributed by atoms with Crippen molar-refractivity contribution >= 4 is 21.7 Å². The molecule has 6 unspecified atom stereocenters. The van der Waals surface area contributed by atoms with Gasteiger partial charge in [0.05, 0.1) is 11.7 Å². The predicted molar refractivity (Wildman–Crippen MR) is 68.0 cm³/mol. The molecule has 0 radical (unpaired) electrons. The van der Waals surface area contributed by atoms with Crippen molar-refractivity contribution < 1.29 is 9.53 Å². The molecule has 2 saturated carbocycles. The van der Waals surface area contributed by atoms with Crippen LogP contribution in [0.4, 0.5) is 0 Å². The third-order valence-corrected chi connectivity index (χ3v) is 6.91. The van der Waals surface area contributed by atoms with E-state index in [4.69, 9.17) is 4.74 Å². The van der Waals surface area contributed by atoms with E-state index in [1.54, 1.807) is 0 Å². The summed E-state index contributed by atoms with van der Waals surface area (Å²) in [4.78, 5) is 12.4. The van der Waals surface area contributed by atoms with Crippen molar-refractivity contribution in [1.29, 1.82) is 0 Å². The van der Waals surface area contributed by atoms with E-state index in [0.717, 1.165) is 6.42 Å². The minimum absolute atomic E-state index is 0.0414. The third kappa shape index (κ3) is 1.05. The molecule has 92 valence electrons. The maximum atomic E-state index is 11.9. The summed E-state index contributed by atoms with van der Waals surface area (Å²) in [5.41, 5.74) is 0.291. The highest BCUT2D eigenvalue weighted by atomic mass is 79.9. The largest absolute Gasteiger partial charge is 0.370 e. The van der Waals surface area contributed by atoms with Gasteiger partial charge in [-0.3, -0.25) is 4.79 Å². The van der Waals surface area contributed by atoms with Crippen LogP contribution in [0.5, 0.6) is 0 Å². The lowest BCUT2D eigenvalue weighted by molar-refractivity contribution is -0.147. The summed E-state index contributed by atoms with van der Waals surface area (Å²) >= 11 is 3.83. The Labute approximate surface area is 110 Å². The van der Waals surface area contributed by atoms with Crippen LogP contribution in [0.2, 0.25) is 0 Å². The number of rotatable bonds is 0. The van der Waals surface area contributed by atoms with E-state index in [-0.39, 0.29) is 28.8 Å². The number of hydrogen-bond acceptors (Lipinski definition) is 2. The molecule has 1 spiro atoms. The Morgan fingerprint density at radius 3 is 3.00 bits per heavy atom. The van der Waals surface area contributed by atoms with Crippen molar-refractivity contribution in [1.82, 2.24) is 0 Å². The van der Waals surface area contributed by atoms with Gasteiger partial charge in [-0.2, -0.15) is 0 Å². The number of alkyl halides is 1. The first-order chi connectivity index (χ1) is 7.97. The maximum absolute atomic E-state index is 11.9. The normalized spacial score (nSPS) is 63.2. The lowest BCUT2D eigenvalue weighted by atomic mass is 9.58. The fourth-order valence-electron chi connectivity index (χ4n) is 5.12. The van der Waals surface area contributed by atoms with Gasteiger partial charge in [-0.05, 0) is 31.3 Å². The third-order valence-electron chi connectivity index (χ3n) is 5.75. The average Bonchev–Trinajstić information content (AvgIpc) is 2.60. The van der Waals surface area contributed by atoms with Crippen LogP contribution >= 0.6 is 15.9 Å². The summed E-state index contributed by atoms with van der Waals surface area (Å²) in [6.45, 7) is 4.33. The second-order valence-corrected chi connectivity index (χ2v) is 7.67. The van der Waals surface area contributed by atoms with Crippen molar-refractivity contribution in [2.45, 2.75) is 43.2 Å². The first kappa shape index (κ1) is 10.7. The summed E-state index contributed by atoms with van der Waals surface area (Å²) in [6, 6.07) is 0. The molecule has 5 rings (SSSR count). The van der Waals surface area contributed by atoms with Crippen LogP contribution in [0, 0.1) is 23.2 Å². The molecule has 17 heavy (non-hydrogen) atoms. The Morgan fingerprint density at radius 1 is 1.53 bits per heavy atom. The van der Waals surface area contributed by atoms with E-state index in [0.29, 0.717) is 16.7 Å². The van der Waals surface area contributed by atoms with E-state index in [9.17, 15) is 4.79 Å². The summed E-state index contributed by atoms with van der Waals surface area (Å²) in [5, 5.41) is 0. The van der Waals surface area contributed by atoms with Gasteiger partial charge in [-0.15, -0.1) is 0 Å². The average molecular weight is 297 g/mol. The van der Waals surface area contributed by atoms with E-state index >= 15 is 0 Å². The Bertz CT molecular complexity index is 446. The minimum Gasteiger partial charge on any atom is -0.370 e. The molecule has 0 aromatic rings. The fraction of sp³-hybridized carbons (Fsp3) is 0.786. The van der Waals surface area contributed by atoms with Crippen molar-refractivity contribution in [2.75, 3.05) is 0 Å². The zero-order valence-corrected chi connectivity index (χ0v) is 11.7. The van der Waals surface area contributed by atoms with Crippen LogP contribution in [0.25, 0.3) is 0 Å². The number of ether oxygens (including phenoxy) is 1. The van der Waals surface area contributed by atoms with E-state index < -0.39 is 0 Å². The molecule has 2 nitrogen and oxygen atoms in total. The molecule has 2 aliphatic heterocycles. The van der Waals surface area contributed by atoms with E-state index in [1.807, 2.05) is 6.08 Å². The quantitative estimate of drug-likeness (QED) is 0.643. The molecule has 0 amide bonds. The van der Waals surface area contributed by atoms with Gasteiger partial charge in [0, 0.05) is 22.6 Å². The van der Waals surface area contributed by atoms with Gasteiger partial charge in [0.15, 0.2) is 5.78 Å². The van der Waals surface area contributed by atoms with E-state index in [2.05, 4.69) is 35.9 Å². The second kappa shape index (κ2) is 2.88. The van der Waals surface area contributed by atoms with Crippen LogP contribution < -0.4 is 0 Å². The van der Waals surface area contributed by atoms with Gasteiger partial charge in [0.25, 0.3) is 0 Å². The standard InChI is InChI=1S/C14H17BrO2/c1-7-9(16)3-4-14-5-8-11(15)12(10(7)14)17-13(8,2)6-14/h3-4,7-8,10-12H,5-6H2,1-2H3/t7?,8?,10?,11-,12?,13?,14?/m0/s1. The van der Waals surface area contributed by atoms with Crippen LogP contribution in [0.1, 0.15) is 26.7 Å². The van der Waals surface area contributed by atoms with Crippen molar-refractivity contribution in [3.8, 4) is 0 Å². The number of halogens is 1. The number of carbonyl (C=O) groups excluding carboxylic acids is 1. The molecule has 3 heteroatoms. The number of ketones is 1. The molecular formula is C14H17BrO2. The second-order valence-electron chi connectivity index (χ2n) is 6.61. The minimum atomic E-state index is 0.0414. The summed E-state index contributed by atoms with van der Waals surface area (Å²) in [5.74, 6) is 1.40. The van der Waals surface area contributed by atoms with Gasteiger partial charge in [0.1, 0.15) is 0 Å². The first-order valence-electron chi connectivity index (χ1n) is 6.52. The summed E-state index contributed by atoms with van der Waals surface area (Å²) in [7, 11) is 0. The Hall–Kier alpha value is -0.150. The fourth-order valence-corrected chi connectivity index (χ4v) is 6.30. The molecule has 2 saturated heterocycles. The highest BCUT2D eigenvalue weighted by Crippen LogP contribution is 2.70. The van der Waals surface area contributed by atoms with Gasteiger partial charge < -0.3 is 4.74 Å². The van der Waals surface area contributed by atoms with Crippen molar-refractivity contribution in [3.63, 3.8) is 0 Å². The zero-order valence-electron chi connectivity index (χ0n) is 10.2. The smallest absolute Gasteiger partial charge is 0.158 e. The molecule has 0 N–H and O–H groups in total. The predicted octanol–water partition coefficient (Wildman–Crippen LogP) is 2.71. The maximum Gasteiger partial charge on any atom is 0.158 e. The van der Waals surface area contributed by atoms with Gasteiger partial charge >= 0.3 is 0 Å². The van der Waals surface area contributed by atoms with Crippen LogP contribution in [0.15, 0.2) is 12.2 Å². The van der Waals surface area contributed by atoms with Crippen molar-refractivity contribution in [2.24, 2.45) is 23.2 Å². The number of hydrogen-bond donors (Lipinski definition) is 0. The number of allylic oxidation sites excluding steroid dienone is 2. The molecule has 0 aromatic carbocycles. The van der Waals surface area contributed by atoms with E-state index in [1.165, 1.54) is 6.42 Å². The summed E-state index contributed by atoms with van der Waals surface area (Å²) in [6.07, 6.45) is 6.57. The molecular weight excluding hydrogens is 280 g/mol. The van der Waals surface area contributed by atoms with Gasteiger partial charge in [0.2, 0.25) is 0 Å². The lowest BCUT2D eigenvalue weighted by Gasteiger charge is -2.50. The lowest BCUT2D eigenvalue weighted by Crippen LogP contribution is -2.53. The zero-order chi connectivity index (χ0) is 12.0. The Kier molecular flexibility index (Phi) is 1.82. The molecule has 4 bridgehead atoms. The Morgan fingerprint density at radius 2 is 2.29 bits per heavy atom.